The summed E-state index contributed by atoms with van der Waals surface area (Å²) in [6.07, 6.45) is -5.94. The summed E-state index contributed by atoms with van der Waals surface area (Å²) in [5.41, 5.74) is -3.03. The zero-order valence-electron chi connectivity index (χ0n) is 15.8. The van der Waals surface area contributed by atoms with Gasteiger partial charge in [-0.1, -0.05) is 0 Å². The Morgan fingerprint density at radius 2 is 1.65 bits per heavy atom. The van der Waals surface area contributed by atoms with Gasteiger partial charge < -0.3 is 10.6 Å². The minimum atomic E-state index is -5.25. The molecule has 0 aliphatic carbocycles. The van der Waals surface area contributed by atoms with Gasteiger partial charge in [0, 0.05) is 31.7 Å². The first-order chi connectivity index (χ1) is 14.5. The zero-order chi connectivity index (χ0) is 22.8. The van der Waals surface area contributed by atoms with E-state index in [-0.39, 0.29) is 17.8 Å². The highest BCUT2D eigenvalue weighted by Crippen LogP contribution is 2.41. The van der Waals surface area contributed by atoms with Crippen LogP contribution in [0.15, 0.2) is 48.9 Å². The summed E-state index contributed by atoms with van der Waals surface area (Å²) in [6.45, 7) is 0.312. The standard InChI is InChI=1S/C19H15F6N5O/c1-30-16(15(10-28-30)27-9-11-4-6-26-7-5-11)17(31)29-12-2-3-13(18(20,21)22)14(8-12)19(23,24)25/h2-8,10,27H,9H2,1H3,(H,29,31). The lowest BCUT2D eigenvalue weighted by molar-refractivity contribution is -0.162. The number of alkyl halides is 6. The summed E-state index contributed by atoms with van der Waals surface area (Å²) in [5, 5.41) is 9.13. The van der Waals surface area contributed by atoms with Gasteiger partial charge in [0.25, 0.3) is 5.91 Å². The number of anilines is 2. The van der Waals surface area contributed by atoms with E-state index in [4.69, 9.17) is 0 Å². The normalized spacial score (nSPS) is 12.0. The van der Waals surface area contributed by atoms with E-state index in [0.29, 0.717) is 12.2 Å². The molecule has 2 N–H and O–H groups in total. The Morgan fingerprint density at radius 3 is 2.26 bits per heavy atom. The van der Waals surface area contributed by atoms with Crippen LogP contribution in [0.3, 0.4) is 0 Å². The SMILES string of the molecule is Cn1ncc(NCc2ccncc2)c1C(=O)Nc1ccc(C(F)(F)F)c(C(F)(F)F)c1. The lowest BCUT2D eigenvalue weighted by atomic mass is 10.1. The third-order valence-electron chi connectivity index (χ3n) is 4.27. The van der Waals surface area contributed by atoms with E-state index in [1.807, 2.05) is 0 Å². The molecule has 0 aliphatic rings. The molecule has 164 valence electrons. The number of amides is 1. The molecular weight excluding hydrogens is 428 g/mol. The van der Waals surface area contributed by atoms with Crippen molar-refractivity contribution in [2.24, 2.45) is 7.05 Å². The van der Waals surface area contributed by atoms with Gasteiger partial charge in [0.2, 0.25) is 0 Å². The first-order valence-electron chi connectivity index (χ1n) is 8.71. The second kappa shape index (κ2) is 8.28. The Kier molecular flexibility index (Phi) is 5.91. The summed E-state index contributed by atoms with van der Waals surface area (Å²) in [4.78, 5) is 16.5. The van der Waals surface area contributed by atoms with Crippen LogP contribution in [0.1, 0.15) is 27.2 Å². The Bertz CT molecular complexity index is 1080. The molecule has 0 atom stereocenters. The Hall–Kier alpha value is -3.57. The largest absolute Gasteiger partial charge is 0.417 e. The van der Waals surface area contributed by atoms with E-state index in [9.17, 15) is 31.1 Å². The molecule has 31 heavy (non-hydrogen) atoms. The molecule has 0 aliphatic heterocycles. The van der Waals surface area contributed by atoms with Crippen LogP contribution in [0.5, 0.6) is 0 Å². The molecule has 0 bridgehead atoms. The van der Waals surface area contributed by atoms with Gasteiger partial charge in [0.15, 0.2) is 0 Å². The van der Waals surface area contributed by atoms with E-state index < -0.39 is 35.1 Å². The molecule has 6 nitrogen and oxygen atoms in total. The molecule has 0 unspecified atom stereocenters. The number of hydrogen-bond donors (Lipinski definition) is 2. The van der Waals surface area contributed by atoms with Crippen molar-refractivity contribution in [3.8, 4) is 0 Å². The molecule has 0 saturated carbocycles. The molecule has 0 fully saturated rings. The van der Waals surface area contributed by atoms with Gasteiger partial charge in [-0.05, 0) is 35.9 Å². The summed E-state index contributed by atoms with van der Waals surface area (Å²) in [6, 6.07) is 4.77. The first kappa shape index (κ1) is 22.1. The van der Waals surface area contributed by atoms with Gasteiger partial charge in [-0.3, -0.25) is 14.5 Å². The van der Waals surface area contributed by atoms with Crippen molar-refractivity contribution >= 4 is 17.3 Å². The van der Waals surface area contributed by atoms with Crippen LogP contribution in [0.25, 0.3) is 0 Å². The molecule has 0 radical (unpaired) electrons. The van der Waals surface area contributed by atoms with Gasteiger partial charge >= 0.3 is 12.4 Å². The number of nitrogens with zero attached hydrogens (tertiary/aromatic N) is 3. The van der Waals surface area contributed by atoms with Crippen LogP contribution >= 0.6 is 0 Å². The molecule has 0 saturated heterocycles. The second-order valence-corrected chi connectivity index (χ2v) is 6.45. The van der Waals surface area contributed by atoms with E-state index in [1.54, 1.807) is 24.5 Å². The third kappa shape index (κ3) is 5.13. The van der Waals surface area contributed by atoms with Crippen LogP contribution < -0.4 is 10.6 Å². The highest BCUT2D eigenvalue weighted by molar-refractivity contribution is 6.06. The van der Waals surface area contributed by atoms with Gasteiger partial charge in [-0.25, -0.2) is 0 Å². The summed E-state index contributed by atoms with van der Waals surface area (Å²) in [7, 11) is 1.44. The van der Waals surface area contributed by atoms with Crippen LogP contribution in [0.2, 0.25) is 0 Å². The number of carbonyl (C=O) groups excluding carboxylic acids is 1. The average molecular weight is 443 g/mol. The van der Waals surface area contributed by atoms with Crippen molar-refractivity contribution in [1.82, 2.24) is 14.8 Å². The van der Waals surface area contributed by atoms with Crippen molar-refractivity contribution in [2.45, 2.75) is 18.9 Å². The predicted molar refractivity (Wildman–Crippen MR) is 99.2 cm³/mol. The van der Waals surface area contributed by atoms with Crippen molar-refractivity contribution in [1.29, 1.82) is 0 Å². The molecule has 2 aromatic heterocycles. The van der Waals surface area contributed by atoms with Gasteiger partial charge in [0.1, 0.15) is 5.69 Å². The molecule has 2 heterocycles. The van der Waals surface area contributed by atoms with Crippen molar-refractivity contribution in [2.75, 3.05) is 10.6 Å². The molecule has 0 spiro atoms. The summed E-state index contributed by atoms with van der Waals surface area (Å²) in [5.74, 6) is -0.842. The van der Waals surface area contributed by atoms with Crippen molar-refractivity contribution in [3.63, 3.8) is 0 Å². The second-order valence-electron chi connectivity index (χ2n) is 6.45. The smallest absolute Gasteiger partial charge is 0.378 e. The molecule has 3 aromatic rings. The minimum absolute atomic E-state index is 0.0116. The number of carbonyl (C=O) groups is 1. The van der Waals surface area contributed by atoms with E-state index in [0.717, 1.165) is 11.6 Å². The van der Waals surface area contributed by atoms with Crippen LogP contribution in [-0.4, -0.2) is 20.7 Å². The van der Waals surface area contributed by atoms with Crippen LogP contribution in [0, 0.1) is 0 Å². The predicted octanol–water partition coefficient (Wildman–Crippen LogP) is 4.72. The van der Waals surface area contributed by atoms with Gasteiger partial charge in [-0.2, -0.15) is 31.4 Å². The third-order valence-corrected chi connectivity index (χ3v) is 4.27. The minimum Gasteiger partial charge on any atom is -0.378 e. The van der Waals surface area contributed by atoms with Gasteiger partial charge in [0.05, 0.1) is 23.0 Å². The van der Waals surface area contributed by atoms with E-state index >= 15 is 0 Å². The molecule has 1 aromatic carbocycles. The molecule has 1 amide bonds. The number of rotatable bonds is 5. The Morgan fingerprint density at radius 1 is 1.00 bits per heavy atom. The number of halogens is 6. The number of hydrogen-bond acceptors (Lipinski definition) is 4. The first-order valence-corrected chi connectivity index (χ1v) is 8.71. The summed E-state index contributed by atoms with van der Waals surface area (Å²) >= 11 is 0. The van der Waals surface area contributed by atoms with Crippen LogP contribution in [0.4, 0.5) is 37.7 Å². The maximum Gasteiger partial charge on any atom is 0.417 e. The van der Waals surface area contributed by atoms with Gasteiger partial charge in [-0.15, -0.1) is 0 Å². The maximum absolute atomic E-state index is 13.1. The zero-order valence-corrected chi connectivity index (χ0v) is 15.8. The Balaban J connectivity index is 1.84. The fourth-order valence-electron chi connectivity index (χ4n) is 2.83. The highest BCUT2D eigenvalue weighted by Gasteiger charge is 2.43. The number of pyridine rings is 1. The topological polar surface area (TPSA) is 71.8 Å². The van der Waals surface area contributed by atoms with E-state index in [2.05, 4.69) is 20.7 Å². The lowest BCUT2D eigenvalue weighted by Gasteiger charge is -2.17. The number of aromatic nitrogens is 3. The van der Waals surface area contributed by atoms with E-state index in [1.165, 1.54) is 17.9 Å². The lowest BCUT2D eigenvalue weighted by Crippen LogP contribution is -2.20. The fourth-order valence-corrected chi connectivity index (χ4v) is 2.83. The quantitative estimate of drug-likeness (QED) is 0.560. The highest BCUT2D eigenvalue weighted by atomic mass is 19.4. The fraction of sp³-hybridized carbons (Fsp3) is 0.211. The average Bonchev–Trinajstić information content (AvgIpc) is 3.06. The monoisotopic (exact) mass is 443 g/mol. The number of benzene rings is 1. The number of aryl methyl sites for hydroxylation is 1. The molecular formula is C19H15F6N5O. The van der Waals surface area contributed by atoms with Crippen LogP contribution in [-0.2, 0) is 25.9 Å². The van der Waals surface area contributed by atoms with Crippen molar-refractivity contribution in [3.05, 3.63) is 71.3 Å². The molecule has 3 rings (SSSR count). The summed E-state index contributed by atoms with van der Waals surface area (Å²) < 4.78 is 79.3. The Labute approximate surface area is 171 Å². The van der Waals surface area contributed by atoms with Crippen molar-refractivity contribution < 1.29 is 31.1 Å². The molecule has 12 heteroatoms. The number of nitrogens with one attached hydrogen (secondary N) is 2. The maximum atomic E-state index is 13.1.